The van der Waals surface area contributed by atoms with Crippen molar-refractivity contribution < 1.29 is 17.6 Å². The van der Waals surface area contributed by atoms with Crippen molar-refractivity contribution >= 4 is 21.6 Å². The first-order valence-electron chi connectivity index (χ1n) is 9.07. The molecule has 0 radical (unpaired) electrons. The zero-order valence-corrected chi connectivity index (χ0v) is 16.7. The van der Waals surface area contributed by atoms with Gasteiger partial charge < -0.3 is 5.32 Å². The molecule has 1 saturated carbocycles. The average Bonchev–Trinajstić information content (AvgIpc) is 3.48. The number of hydrogen-bond donors (Lipinski definition) is 1. The number of carbonyl (C=O) groups is 1. The molecule has 1 aliphatic rings. The second-order valence-corrected chi connectivity index (χ2v) is 9.24. The Balaban J connectivity index is 1.63. The number of halogens is 1. The van der Waals surface area contributed by atoms with Gasteiger partial charge in [0.05, 0.1) is 11.4 Å². The minimum Gasteiger partial charge on any atom is -0.325 e. The third-order valence-electron chi connectivity index (χ3n) is 4.66. The lowest BCUT2D eigenvalue weighted by atomic mass is 10.2. The van der Waals surface area contributed by atoms with Crippen LogP contribution in [0.5, 0.6) is 0 Å². The third kappa shape index (κ3) is 4.95. The van der Waals surface area contributed by atoms with Crippen molar-refractivity contribution in [2.45, 2.75) is 30.3 Å². The van der Waals surface area contributed by atoms with Gasteiger partial charge in [-0.1, -0.05) is 18.2 Å². The van der Waals surface area contributed by atoms with E-state index in [1.807, 2.05) is 4.90 Å². The minimum absolute atomic E-state index is 0.150. The number of benzene rings is 2. The summed E-state index contributed by atoms with van der Waals surface area (Å²) in [6, 6.07) is 12.9. The van der Waals surface area contributed by atoms with Gasteiger partial charge in [-0.05, 0) is 43.2 Å². The van der Waals surface area contributed by atoms with E-state index < -0.39 is 10.0 Å². The number of anilines is 1. The third-order valence-corrected chi connectivity index (χ3v) is 6.49. The molecular formula is C20H24FN3O3S. The van der Waals surface area contributed by atoms with Crippen molar-refractivity contribution in [2.24, 2.45) is 0 Å². The summed E-state index contributed by atoms with van der Waals surface area (Å²) in [5, 5.41) is 2.78. The zero-order chi connectivity index (χ0) is 20.3. The number of rotatable bonds is 8. The van der Waals surface area contributed by atoms with Crippen LogP contribution in [-0.2, 0) is 21.4 Å². The first-order valence-corrected chi connectivity index (χ1v) is 10.5. The number of nitrogens with zero attached hydrogens (tertiary/aromatic N) is 2. The molecule has 0 heterocycles. The number of amides is 1. The van der Waals surface area contributed by atoms with Gasteiger partial charge in [-0.2, -0.15) is 0 Å². The summed E-state index contributed by atoms with van der Waals surface area (Å²) in [6.07, 6.45) is 2.00. The molecular weight excluding hydrogens is 381 g/mol. The average molecular weight is 405 g/mol. The van der Waals surface area contributed by atoms with E-state index in [4.69, 9.17) is 0 Å². The molecule has 6 nitrogen and oxygen atoms in total. The first-order chi connectivity index (χ1) is 13.3. The van der Waals surface area contributed by atoms with Gasteiger partial charge in [-0.3, -0.25) is 9.69 Å². The molecule has 28 heavy (non-hydrogen) atoms. The molecule has 8 heteroatoms. The number of sulfonamides is 1. The highest BCUT2D eigenvalue weighted by atomic mass is 32.2. The number of hydrogen-bond acceptors (Lipinski definition) is 4. The van der Waals surface area contributed by atoms with Gasteiger partial charge in [-0.25, -0.2) is 17.1 Å². The Kier molecular flexibility index (Phi) is 6.12. The van der Waals surface area contributed by atoms with Crippen molar-refractivity contribution in [1.82, 2.24) is 9.21 Å². The zero-order valence-electron chi connectivity index (χ0n) is 15.9. The topological polar surface area (TPSA) is 69.7 Å². The van der Waals surface area contributed by atoms with E-state index >= 15 is 0 Å². The summed E-state index contributed by atoms with van der Waals surface area (Å²) in [7, 11) is -0.575. The van der Waals surface area contributed by atoms with Crippen molar-refractivity contribution in [3.8, 4) is 0 Å². The van der Waals surface area contributed by atoms with Crippen LogP contribution in [0.3, 0.4) is 0 Å². The highest BCUT2D eigenvalue weighted by Gasteiger charge is 2.30. The fourth-order valence-corrected chi connectivity index (χ4v) is 3.81. The summed E-state index contributed by atoms with van der Waals surface area (Å²) in [5.74, 6) is -0.488. The second-order valence-electron chi connectivity index (χ2n) is 7.09. The van der Waals surface area contributed by atoms with Crippen LogP contribution in [0.25, 0.3) is 0 Å². The van der Waals surface area contributed by atoms with E-state index in [2.05, 4.69) is 5.32 Å². The molecule has 2 aromatic carbocycles. The lowest BCUT2D eigenvalue weighted by Gasteiger charge is -2.22. The Morgan fingerprint density at radius 2 is 1.75 bits per heavy atom. The summed E-state index contributed by atoms with van der Waals surface area (Å²) < 4.78 is 39.3. The lowest BCUT2D eigenvalue weighted by Crippen LogP contribution is -2.34. The SMILES string of the molecule is CN(C)S(=O)(=O)c1ccc(NC(=O)CN(Cc2ccccc2F)C2CC2)cc1. The van der Waals surface area contributed by atoms with Crippen molar-refractivity contribution in [3.63, 3.8) is 0 Å². The van der Waals surface area contributed by atoms with Crippen LogP contribution in [0, 0.1) is 5.82 Å². The van der Waals surface area contributed by atoms with E-state index in [9.17, 15) is 17.6 Å². The highest BCUT2D eigenvalue weighted by molar-refractivity contribution is 7.89. The van der Waals surface area contributed by atoms with Gasteiger partial charge in [0, 0.05) is 37.9 Å². The first kappa shape index (κ1) is 20.4. The van der Waals surface area contributed by atoms with E-state index in [1.165, 1.54) is 32.3 Å². The summed E-state index contributed by atoms with van der Waals surface area (Å²) in [4.78, 5) is 14.6. The number of carbonyl (C=O) groups excluding carboxylic acids is 1. The Labute approximate surface area is 165 Å². The quantitative estimate of drug-likeness (QED) is 0.733. The highest BCUT2D eigenvalue weighted by Crippen LogP contribution is 2.28. The van der Waals surface area contributed by atoms with Crippen LogP contribution in [-0.4, -0.2) is 50.2 Å². The molecule has 0 aromatic heterocycles. The van der Waals surface area contributed by atoms with Crippen LogP contribution in [0.4, 0.5) is 10.1 Å². The van der Waals surface area contributed by atoms with Crippen LogP contribution >= 0.6 is 0 Å². The minimum atomic E-state index is -3.51. The Hall–Kier alpha value is -2.29. The standard InChI is InChI=1S/C20H24FN3O3S/c1-23(2)28(26,27)18-11-7-16(8-12-18)22-20(25)14-24(17-9-10-17)13-15-5-3-4-6-19(15)21/h3-8,11-12,17H,9-10,13-14H2,1-2H3,(H,22,25). The van der Waals surface area contributed by atoms with E-state index in [0.717, 1.165) is 17.1 Å². The molecule has 0 atom stereocenters. The number of nitrogens with one attached hydrogen (secondary N) is 1. The van der Waals surface area contributed by atoms with Crippen LogP contribution in [0.2, 0.25) is 0 Å². The van der Waals surface area contributed by atoms with E-state index in [-0.39, 0.29) is 29.2 Å². The second kappa shape index (κ2) is 8.38. The maximum atomic E-state index is 13.9. The van der Waals surface area contributed by atoms with Crippen LogP contribution in [0.15, 0.2) is 53.4 Å². The van der Waals surface area contributed by atoms with Gasteiger partial charge in [0.15, 0.2) is 0 Å². The van der Waals surface area contributed by atoms with Gasteiger partial charge in [0.2, 0.25) is 15.9 Å². The van der Waals surface area contributed by atoms with E-state index in [0.29, 0.717) is 17.8 Å². The van der Waals surface area contributed by atoms with Gasteiger partial charge in [0.1, 0.15) is 5.82 Å². The molecule has 150 valence electrons. The van der Waals surface area contributed by atoms with Crippen molar-refractivity contribution in [2.75, 3.05) is 26.0 Å². The molecule has 0 unspecified atom stereocenters. The Morgan fingerprint density at radius 3 is 2.32 bits per heavy atom. The predicted molar refractivity (Wildman–Crippen MR) is 106 cm³/mol. The normalized spacial score (nSPS) is 14.5. The fourth-order valence-electron chi connectivity index (χ4n) is 2.91. The smallest absolute Gasteiger partial charge is 0.242 e. The van der Waals surface area contributed by atoms with Crippen molar-refractivity contribution in [3.05, 3.63) is 59.9 Å². The van der Waals surface area contributed by atoms with E-state index in [1.54, 1.807) is 30.3 Å². The summed E-state index contributed by atoms with van der Waals surface area (Å²) in [5.41, 5.74) is 1.09. The molecule has 2 aromatic rings. The maximum absolute atomic E-state index is 13.9. The monoisotopic (exact) mass is 405 g/mol. The van der Waals surface area contributed by atoms with Crippen molar-refractivity contribution in [1.29, 1.82) is 0 Å². The molecule has 3 rings (SSSR count). The largest absolute Gasteiger partial charge is 0.325 e. The van der Waals surface area contributed by atoms with Crippen LogP contribution < -0.4 is 5.32 Å². The maximum Gasteiger partial charge on any atom is 0.242 e. The molecule has 0 spiro atoms. The predicted octanol–water partition coefficient (Wildman–Crippen LogP) is 2.68. The molecule has 0 saturated heterocycles. The Bertz CT molecular complexity index is 941. The molecule has 1 aliphatic carbocycles. The van der Waals surface area contributed by atoms with Gasteiger partial charge in [-0.15, -0.1) is 0 Å². The Morgan fingerprint density at radius 1 is 1.11 bits per heavy atom. The molecule has 0 aliphatic heterocycles. The molecule has 1 amide bonds. The van der Waals surface area contributed by atoms with Gasteiger partial charge in [0.25, 0.3) is 0 Å². The molecule has 1 N–H and O–H groups in total. The lowest BCUT2D eigenvalue weighted by molar-refractivity contribution is -0.117. The summed E-state index contributed by atoms with van der Waals surface area (Å²) in [6.45, 7) is 0.529. The van der Waals surface area contributed by atoms with Gasteiger partial charge >= 0.3 is 0 Å². The molecule has 1 fully saturated rings. The van der Waals surface area contributed by atoms with Crippen LogP contribution in [0.1, 0.15) is 18.4 Å². The summed E-state index contributed by atoms with van der Waals surface area (Å²) >= 11 is 0. The molecule has 0 bridgehead atoms. The fraction of sp³-hybridized carbons (Fsp3) is 0.350.